The quantitative estimate of drug-likeness (QED) is 0.162. The third-order valence-corrected chi connectivity index (χ3v) is 15.3. The topological polar surface area (TPSA) is 49.3 Å². The van der Waals surface area contributed by atoms with Gasteiger partial charge in [0.05, 0.1) is 27.6 Å². The summed E-state index contributed by atoms with van der Waals surface area (Å²) < 4.78 is 14.0. The molecule has 0 N–H and O–H groups in total. The zero-order chi connectivity index (χ0) is 44.9. The average Bonchev–Trinajstić information content (AvgIpc) is 4.02. The van der Waals surface area contributed by atoms with Gasteiger partial charge in [0.2, 0.25) is 0 Å². The summed E-state index contributed by atoms with van der Waals surface area (Å²) in [5.74, 6) is 2.39. The maximum Gasteiger partial charge on any atom is 0.145 e. The van der Waals surface area contributed by atoms with E-state index < -0.39 is 0 Å². The van der Waals surface area contributed by atoms with Gasteiger partial charge in [-0.05, 0) is 100 Å². The third-order valence-electron chi connectivity index (χ3n) is 15.3. The largest absolute Gasteiger partial charge is 0.457 e. The van der Waals surface area contributed by atoms with Crippen LogP contribution >= 0.6 is 0 Å². The molecule has 0 atom stereocenters. The van der Waals surface area contributed by atoms with Gasteiger partial charge in [-0.15, -0.1) is 0 Å². The van der Waals surface area contributed by atoms with E-state index in [1.165, 1.54) is 60.5 Å². The number of ether oxygens (including phenoxy) is 1. The molecule has 1 aliphatic rings. The van der Waals surface area contributed by atoms with Gasteiger partial charge in [0.25, 0.3) is 0 Å². The van der Waals surface area contributed by atoms with Crippen molar-refractivity contribution in [3.05, 3.63) is 187 Å². The number of imidazole rings is 1. The van der Waals surface area contributed by atoms with Crippen molar-refractivity contribution in [1.82, 2.24) is 23.5 Å². The van der Waals surface area contributed by atoms with Crippen LogP contribution in [0.2, 0.25) is 0 Å². The lowest BCUT2D eigenvalue weighted by atomic mass is 9.61. The number of benzene rings is 7. The van der Waals surface area contributed by atoms with Crippen LogP contribution in [0, 0.1) is 0 Å². The lowest BCUT2D eigenvalue weighted by Crippen LogP contribution is -2.44. The van der Waals surface area contributed by atoms with Crippen molar-refractivity contribution in [3.8, 4) is 34.1 Å². The molecule has 0 radical (unpaired) electrons. The number of pyridine rings is 2. The Morgan fingerprint density at radius 3 is 2.02 bits per heavy atom. The van der Waals surface area contributed by atoms with Crippen LogP contribution in [-0.2, 0) is 16.2 Å². The summed E-state index contributed by atoms with van der Waals surface area (Å²) in [4.78, 5) is 10.1. The summed E-state index contributed by atoms with van der Waals surface area (Å²) in [6, 6.07) is 57.2. The molecule has 6 nitrogen and oxygen atoms in total. The summed E-state index contributed by atoms with van der Waals surface area (Å²) in [5, 5.41) is 8.24. The maximum atomic E-state index is 6.89. The molecule has 6 heteroatoms. The number of nitrogens with zero attached hydrogens (tertiary/aromatic N) is 5. The highest BCUT2D eigenvalue weighted by molar-refractivity contribution is 6.16. The van der Waals surface area contributed by atoms with E-state index in [9.17, 15) is 0 Å². The first-order valence-corrected chi connectivity index (χ1v) is 23.1. The Balaban J connectivity index is 0.996. The molecule has 66 heavy (non-hydrogen) atoms. The summed E-state index contributed by atoms with van der Waals surface area (Å²) in [5.41, 5.74) is 13.8. The Hall–Kier alpha value is -7.70. The third kappa shape index (κ3) is 5.30. The van der Waals surface area contributed by atoms with E-state index in [0.717, 1.165) is 61.4 Å². The molecule has 5 aromatic heterocycles. The SMILES string of the molecule is CC(C)(C)c1ccnc(-n2c3ccc(-c4cccc5c6ccccc6n(-c6ccccc6)c45)cc3c3ccc(Oc4ccc5c(c4)c4ncc6n4c4c(cccc54)C(C)(C)C6(C)C)cc32)c1. The molecular weight excluding hydrogens is 807 g/mol. The number of hydrogen-bond acceptors (Lipinski definition) is 3. The van der Waals surface area contributed by atoms with Crippen molar-refractivity contribution < 1.29 is 4.74 Å². The fraction of sp³-hybridized carbons (Fsp3) is 0.167. The van der Waals surface area contributed by atoms with E-state index >= 15 is 0 Å². The van der Waals surface area contributed by atoms with Gasteiger partial charge in [-0.3, -0.25) is 8.97 Å². The van der Waals surface area contributed by atoms with Crippen molar-refractivity contribution in [3.63, 3.8) is 0 Å². The van der Waals surface area contributed by atoms with Gasteiger partial charge in [0.15, 0.2) is 0 Å². The van der Waals surface area contributed by atoms with Gasteiger partial charge in [-0.2, -0.15) is 0 Å². The molecule has 0 spiro atoms. The standard InChI is InChI=1S/C60H49N5O/c1-58(2,3)37-29-30-61-54(32-37)64-51-28-23-36(41-18-13-19-46-43-17-11-12-22-50(43)63(55(41)46)38-15-9-8-10-16-38)31-47(51)44-27-25-40(34-52(44)64)66-39-24-26-42-45-20-14-21-49-56(45)65-53(60(6,7)59(49,4)5)35-62-57(65)48(42)33-39/h8-35H,1-7H3. The van der Waals surface area contributed by atoms with Crippen molar-refractivity contribution >= 4 is 70.9 Å². The number of hydrogen-bond donors (Lipinski definition) is 0. The summed E-state index contributed by atoms with van der Waals surface area (Å²) in [7, 11) is 0. The highest BCUT2D eigenvalue weighted by Gasteiger charge is 2.46. The molecule has 12 aromatic rings. The van der Waals surface area contributed by atoms with Gasteiger partial charge in [0.1, 0.15) is 23.0 Å². The molecule has 1 aliphatic heterocycles. The Kier molecular flexibility index (Phi) is 7.88. The fourth-order valence-electron chi connectivity index (χ4n) is 11.1. The molecule has 6 heterocycles. The molecule has 0 fully saturated rings. The van der Waals surface area contributed by atoms with Crippen LogP contribution in [-0.4, -0.2) is 23.5 Å². The van der Waals surface area contributed by atoms with Crippen LogP contribution in [0.3, 0.4) is 0 Å². The summed E-state index contributed by atoms with van der Waals surface area (Å²) in [6.45, 7) is 16.2. The maximum absolute atomic E-state index is 6.89. The minimum atomic E-state index is -0.124. The van der Waals surface area contributed by atoms with Crippen molar-refractivity contribution in [2.45, 2.75) is 64.7 Å². The first-order valence-electron chi connectivity index (χ1n) is 23.1. The molecule has 0 saturated carbocycles. The predicted octanol–water partition coefficient (Wildman–Crippen LogP) is 15.6. The summed E-state index contributed by atoms with van der Waals surface area (Å²) in [6.07, 6.45) is 4.03. The molecular formula is C60H49N5O. The second-order valence-corrected chi connectivity index (χ2v) is 20.4. The molecule has 0 aliphatic carbocycles. The van der Waals surface area contributed by atoms with Gasteiger partial charge in [-0.1, -0.05) is 127 Å². The van der Waals surface area contributed by atoms with Gasteiger partial charge >= 0.3 is 0 Å². The number of aromatic nitrogens is 5. The smallest absolute Gasteiger partial charge is 0.145 e. The first-order chi connectivity index (χ1) is 31.9. The minimum Gasteiger partial charge on any atom is -0.457 e. The van der Waals surface area contributed by atoms with Gasteiger partial charge < -0.3 is 9.30 Å². The average molecular weight is 856 g/mol. The van der Waals surface area contributed by atoms with Crippen LogP contribution < -0.4 is 4.74 Å². The van der Waals surface area contributed by atoms with E-state index in [0.29, 0.717) is 0 Å². The van der Waals surface area contributed by atoms with E-state index in [4.69, 9.17) is 14.7 Å². The molecule has 320 valence electrons. The van der Waals surface area contributed by atoms with Gasteiger partial charge in [-0.25, -0.2) is 9.97 Å². The van der Waals surface area contributed by atoms with Crippen LogP contribution in [0.5, 0.6) is 11.5 Å². The summed E-state index contributed by atoms with van der Waals surface area (Å²) >= 11 is 0. The number of rotatable bonds is 5. The van der Waals surface area contributed by atoms with Crippen molar-refractivity contribution in [2.24, 2.45) is 0 Å². The molecule has 0 bridgehead atoms. The highest BCUT2D eigenvalue weighted by atomic mass is 16.5. The number of fused-ring (bicyclic) bond motifs is 9. The van der Waals surface area contributed by atoms with Crippen LogP contribution in [0.15, 0.2) is 170 Å². The van der Waals surface area contributed by atoms with Crippen LogP contribution in [0.25, 0.3) is 93.6 Å². The van der Waals surface area contributed by atoms with E-state index in [2.05, 4.69) is 226 Å². The van der Waals surface area contributed by atoms with Crippen LogP contribution in [0.1, 0.15) is 65.3 Å². The zero-order valence-electron chi connectivity index (χ0n) is 38.3. The highest BCUT2D eigenvalue weighted by Crippen LogP contribution is 2.51. The lowest BCUT2D eigenvalue weighted by Gasteiger charge is -2.45. The first kappa shape index (κ1) is 38.7. The monoisotopic (exact) mass is 855 g/mol. The normalized spacial score (nSPS) is 14.5. The van der Waals surface area contributed by atoms with Crippen LogP contribution in [0.4, 0.5) is 0 Å². The minimum absolute atomic E-state index is 0.0532. The lowest BCUT2D eigenvalue weighted by molar-refractivity contribution is 0.288. The molecule has 0 saturated heterocycles. The zero-order valence-corrected chi connectivity index (χ0v) is 38.3. The molecule has 0 amide bonds. The van der Waals surface area contributed by atoms with Gasteiger partial charge in [0, 0.05) is 78.6 Å². The van der Waals surface area contributed by atoms with E-state index in [1.807, 2.05) is 6.20 Å². The number of para-hydroxylation sites is 4. The second kappa shape index (κ2) is 13.4. The Bertz CT molecular complexity index is 4010. The van der Waals surface area contributed by atoms with Crippen molar-refractivity contribution in [1.29, 1.82) is 0 Å². The Morgan fingerprint density at radius 1 is 0.500 bits per heavy atom. The molecule has 13 rings (SSSR count). The fourth-order valence-corrected chi connectivity index (χ4v) is 11.1. The Labute approximate surface area is 383 Å². The second-order valence-electron chi connectivity index (χ2n) is 20.4. The molecule has 7 aromatic carbocycles. The van der Waals surface area contributed by atoms with E-state index in [1.54, 1.807) is 0 Å². The Morgan fingerprint density at radius 2 is 1.20 bits per heavy atom. The van der Waals surface area contributed by atoms with E-state index in [-0.39, 0.29) is 16.2 Å². The molecule has 0 unspecified atom stereocenters. The van der Waals surface area contributed by atoms with Crippen molar-refractivity contribution in [2.75, 3.05) is 0 Å². The predicted molar refractivity (Wildman–Crippen MR) is 273 cm³/mol.